The van der Waals surface area contributed by atoms with Crippen molar-refractivity contribution >= 4 is 10.0 Å². The fourth-order valence-electron chi connectivity index (χ4n) is 1.64. The fourth-order valence-corrected chi connectivity index (χ4v) is 2.22. The van der Waals surface area contributed by atoms with Crippen LogP contribution >= 0.6 is 0 Å². The van der Waals surface area contributed by atoms with Gasteiger partial charge in [-0.05, 0) is 30.7 Å². The summed E-state index contributed by atoms with van der Waals surface area (Å²) in [6.45, 7) is 1.84. The molecular weight excluding hydrogens is 262 g/mol. The fraction of sp³-hybridized carbons (Fsp3) is 0.231. The van der Waals surface area contributed by atoms with Gasteiger partial charge in [0.1, 0.15) is 0 Å². The van der Waals surface area contributed by atoms with Gasteiger partial charge in [0.05, 0.1) is 11.4 Å². The van der Waals surface area contributed by atoms with E-state index >= 15 is 0 Å². The zero-order valence-electron chi connectivity index (χ0n) is 10.6. The van der Waals surface area contributed by atoms with Gasteiger partial charge in [-0.2, -0.15) is 0 Å². The minimum absolute atomic E-state index is 0.0673. The summed E-state index contributed by atoms with van der Waals surface area (Å²) in [5, 5.41) is 0. The monoisotopic (exact) mass is 277 g/mol. The third kappa shape index (κ3) is 3.59. The normalized spacial score (nSPS) is 11.4. The molecule has 6 heteroatoms. The van der Waals surface area contributed by atoms with Crippen LogP contribution in [0.5, 0.6) is 0 Å². The van der Waals surface area contributed by atoms with Crippen molar-refractivity contribution in [2.45, 2.75) is 13.5 Å². The number of hydrogen-bond acceptors (Lipinski definition) is 4. The molecule has 2 aromatic heterocycles. The molecule has 100 valence electrons. The predicted octanol–water partition coefficient (Wildman–Crippen LogP) is 1.58. The van der Waals surface area contributed by atoms with E-state index in [2.05, 4.69) is 14.7 Å². The first-order valence-electron chi connectivity index (χ1n) is 5.94. The van der Waals surface area contributed by atoms with E-state index in [1.54, 1.807) is 31.6 Å². The Morgan fingerprint density at radius 1 is 1.16 bits per heavy atom. The van der Waals surface area contributed by atoms with Crippen LogP contribution in [-0.4, -0.2) is 24.1 Å². The predicted molar refractivity (Wildman–Crippen MR) is 73.8 cm³/mol. The summed E-state index contributed by atoms with van der Waals surface area (Å²) < 4.78 is 25.5. The molecule has 0 fully saturated rings. The SMILES string of the molecule is CCS(=O)(=O)NCc1cccnc1-c1ccncc1. The summed E-state index contributed by atoms with van der Waals surface area (Å²) in [4.78, 5) is 8.27. The van der Waals surface area contributed by atoms with Crippen molar-refractivity contribution in [2.75, 3.05) is 5.75 Å². The van der Waals surface area contributed by atoms with Crippen molar-refractivity contribution in [1.82, 2.24) is 14.7 Å². The molecule has 5 nitrogen and oxygen atoms in total. The maximum absolute atomic E-state index is 11.5. The average Bonchev–Trinajstić information content (AvgIpc) is 2.46. The van der Waals surface area contributed by atoms with Crippen LogP contribution in [0.3, 0.4) is 0 Å². The van der Waals surface area contributed by atoms with Gasteiger partial charge in [0.15, 0.2) is 0 Å². The van der Waals surface area contributed by atoms with Crippen LogP contribution < -0.4 is 4.72 Å². The van der Waals surface area contributed by atoms with Gasteiger partial charge < -0.3 is 0 Å². The third-order valence-electron chi connectivity index (χ3n) is 2.71. The van der Waals surface area contributed by atoms with Crippen LogP contribution in [-0.2, 0) is 16.6 Å². The highest BCUT2D eigenvalue weighted by atomic mass is 32.2. The number of rotatable bonds is 5. The quantitative estimate of drug-likeness (QED) is 0.900. The van der Waals surface area contributed by atoms with Crippen molar-refractivity contribution < 1.29 is 8.42 Å². The maximum Gasteiger partial charge on any atom is 0.211 e. The van der Waals surface area contributed by atoms with Gasteiger partial charge in [0.25, 0.3) is 0 Å². The third-order valence-corrected chi connectivity index (χ3v) is 4.05. The number of aromatic nitrogens is 2. The molecule has 0 unspecified atom stereocenters. The van der Waals surface area contributed by atoms with Gasteiger partial charge in [0.2, 0.25) is 10.0 Å². The lowest BCUT2D eigenvalue weighted by Gasteiger charge is -2.09. The summed E-state index contributed by atoms with van der Waals surface area (Å²) in [7, 11) is -3.21. The zero-order valence-corrected chi connectivity index (χ0v) is 11.4. The molecule has 0 atom stereocenters. The van der Waals surface area contributed by atoms with Crippen LogP contribution in [0.2, 0.25) is 0 Å². The number of nitrogens with zero attached hydrogens (tertiary/aromatic N) is 2. The second kappa shape index (κ2) is 5.90. The van der Waals surface area contributed by atoms with Gasteiger partial charge in [-0.15, -0.1) is 0 Å². The Labute approximate surface area is 112 Å². The molecule has 0 aliphatic carbocycles. The molecule has 19 heavy (non-hydrogen) atoms. The summed E-state index contributed by atoms with van der Waals surface area (Å²) in [5.74, 6) is 0.0673. The number of pyridine rings is 2. The van der Waals surface area contributed by atoms with E-state index in [-0.39, 0.29) is 12.3 Å². The summed E-state index contributed by atoms with van der Waals surface area (Å²) >= 11 is 0. The summed E-state index contributed by atoms with van der Waals surface area (Å²) in [5.41, 5.74) is 2.52. The lowest BCUT2D eigenvalue weighted by Crippen LogP contribution is -2.25. The van der Waals surface area contributed by atoms with Gasteiger partial charge in [-0.25, -0.2) is 13.1 Å². The van der Waals surface area contributed by atoms with E-state index in [0.717, 1.165) is 16.8 Å². The topological polar surface area (TPSA) is 72.0 Å². The van der Waals surface area contributed by atoms with Crippen molar-refractivity contribution in [3.63, 3.8) is 0 Å². The van der Waals surface area contributed by atoms with Crippen molar-refractivity contribution in [2.24, 2.45) is 0 Å². The maximum atomic E-state index is 11.5. The van der Waals surface area contributed by atoms with Crippen molar-refractivity contribution in [1.29, 1.82) is 0 Å². The van der Waals surface area contributed by atoms with Gasteiger partial charge in [-0.1, -0.05) is 6.07 Å². The zero-order chi connectivity index (χ0) is 13.7. The first kappa shape index (κ1) is 13.6. The minimum atomic E-state index is -3.21. The molecular formula is C13H15N3O2S. The van der Waals surface area contributed by atoms with Gasteiger partial charge in [0, 0.05) is 30.7 Å². The molecule has 0 saturated carbocycles. The Morgan fingerprint density at radius 3 is 2.58 bits per heavy atom. The highest BCUT2D eigenvalue weighted by Gasteiger charge is 2.10. The molecule has 0 radical (unpaired) electrons. The Balaban J connectivity index is 2.28. The second-order valence-electron chi connectivity index (χ2n) is 3.97. The van der Waals surface area contributed by atoms with E-state index in [4.69, 9.17) is 0 Å². The van der Waals surface area contributed by atoms with E-state index < -0.39 is 10.0 Å². The molecule has 0 amide bonds. The molecule has 0 aromatic carbocycles. The van der Waals surface area contributed by atoms with Crippen LogP contribution in [0.4, 0.5) is 0 Å². The molecule has 0 aliphatic rings. The van der Waals surface area contributed by atoms with Crippen LogP contribution in [0.25, 0.3) is 11.3 Å². The standard InChI is InChI=1S/C13H15N3O2S/c1-2-19(17,18)16-10-12-4-3-7-15-13(12)11-5-8-14-9-6-11/h3-9,16H,2,10H2,1H3. The molecule has 0 aliphatic heterocycles. The van der Waals surface area contributed by atoms with Gasteiger partial charge in [-0.3, -0.25) is 9.97 Å². The van der Waals surface area contributed by atoms with Crippen molar-refractivity contribution in [3.05, 3.63) is 48.4 Å². The molecule has 2 heterocycles. The van der Waals surface area contributed by atoms with Crippen LogP contribution in [0.15, 0.2) is 42.9 Å². The van der Waals surface area contributed by atoms with Crippen LogP contribution in [0.1, 0.15) is 12.5 Å². The number of nitrogens with one attached hydrogen (secondary N) is 1. The highest BCUT2D eigenvalue weighted by molar-refractivity contribution is 7.89. The Bertz CT molecular complexity index is 642. The van der Waals surface area contributed by atoms with Gasteiger partial charge >= 0.3 is 0 Å². The Hall–Kier alpha value is -1.79. The first-order valence-corrected chi connectivity index (χ1v) is 7.59. The number of hydrogen-bond donors (Lipinski definition) is 1. The lowest BCUT2D eigenvalue weighted by molar-refractivity contribution is 0.582. The van der Waals surface area contributed by atoms with E-state index in [9.17, 15) is 8.42 Å². The molecule has 2 rings (SSSR count). The van der Waals surface area contributed by atoms with Crippen molar-refractivity contribution in [3.8, 4) is 11.3 Å². The Morgan fingerprint density at radius 2 is 1.89 bits per heavy atom. The molecule has 2 aromatic rings. The first-order chi connectivity index (χ1) is 9.12. The summed E-state index contributed by atoms with van der Waals surface area (Å²) in [6, 6.07) is 7.35. The largest absolute Gasteiger partial charge is 0.265 e. The van der Waals surface area contributed by atoms with E-state index in [0.29, 0.717) is 0 Å². The highest BCUT2D eigenvalue weighted by Crippen LogP contribution is 2.20. The lowest BCUT2D eigenvalue weighted by atomic mass is 10.1. The molecule has 0 bridgehead atoms. The molecule has 0 saturated heterocycles. The van der Waals surface area contributed by atoms with E-state index in [1.165, 1.54) is 0 Å². The molecule has 0 spiro atoms. The number of sulfonamides is 1. The average molecular weight is 277 g/mol. The van der Waals surface area contributed by atoms with E-state index in [1.807, 2.05) is 18.2 Å². The smallest absolute Gasteiger partial charge is 0.211 e. The molecule has 1 N–H and O–H groups in total. The second-order valence-corrected chi connectivity index (χ2v) is 6.07. The minimum Gasteiger partial charge on any atom is -0.265 e. The Kier molecular flexibility index (Phi) is 4.24. The van der Waals surface area contributed by atoms with Crippen LogP contribution in [0, 0.1) is 0 Å². The summed E-state index contributed by atoms with van der Waals surface area (Å²) in [6.07, 6.45) is 5.06.